The van der Waals surface area contributed by atoms with Crippen LogP contribution in [-0.4, -0.2) is 6.04 Å². The Balaban J connectivity index is 1.93. The van der Waals surface area contributed by atoms with Gasteiger partial charge in [0.2, 0.25) is 0 Å². The van der Waals surface area contributed by atoms with Crippen molar-refractivity contribution in [1.82, 2.24) is 0 Å². The van der Waals surface area contributed by atoms with E-state index in [4.69, 9.17) is 0 Å². The summed E-state index contributed by atoms with van der Waals surface area (Å²) in [6.45, 7) is 4.51. The molecule has 1 fully saturated rings. The molecule has 1 aromatic heterocycles. The molecule has 78 valence electrons. The number of hydrogen-bond donors (Lipinski definition) is 1. The van der Waals surface area contributed by atoms with Gasteiger partial charge in [-0.25, -0.2) is 0 Å². The Morgan fingerprint density at radius 1 is 1.36 bits per heavy atom. The SMILES string of the molecule is Cc1cscc1NC(C)C1CCCC1. The number of nitrogens with one attached hydrogen (secondary N) is 1. The second kappa shape index (κ2) is 4.35. The molecule has 0 aromatic carbocycles. The van der Waals surface area contributed by atoms with E-state index in [0.717, 1.165) is 5.92 Å². The van der Waals surface area contributed by atoms with Crippen molar-refractivity contribution in [3.05, 3.63) is 16.3 Å². The minimum absolute atomic E-state index is 0.644. The summed E-state index contributed by atoms with van der Waals surface area (Å²) < 4.78 is 0. The first-order valence-corrected chi connectivity index (χ1v) is 6.51. The molecular formula is C12H19NS. The zero-order chi connectivity index (χ0) is 9.97. The third kappa shape index (κ3) is 2.11. The van der Waals surface area contributed by atoms with Crippen molar-refractivity contribution in [3.8, 4) is 0 Å². The van der Waals surface area contributed by atoms with Gasteiger partial charge in [0.1, 0.15) is 0 Å². The molecule has 0 aliphatic heterocycles. The molecule has 1 aromatic rings. The van der Waals surface area contributed by atoms with Crippen LogP contribution in [0.2, 0.25) is 0 Å². The minimum atomic E-state index is 0.644. The monoisotopic (exact) mass is 209 g/mol. The van der Waals surface area contributed by atoms with Crippen LogP contribution in [0.4, 0.5) is 5.69 Å². The Morgan fingerprint density at radius 3 is 2.64 bits per heavy atom. The maximum atomic E-state index is 3.64. The lowest BCUT2D eigenvalue weighted by Gasteiger charge is -2.21. The molecule has 1 atom stereocenters. The minimum Gasteiger partial charge on any atom is -0.381 e. The number of hydrogen-bond acceptors (Lipinski definition) is 2. The van der Waals surface area contributed by atoms with E-state index in [2.05, 4.69) is 29.9 Å². The van der Waals surface area contributed by atoms with Crippen molar-refractivity contribution in [3.63, 3.8) is 0 Å². The summed E-state index contributed by atoms with van der Waals surface area (Å²) in [7, 11) is 0. The molecule has 1 unspecified atom stereocenters. The lowest BCUT2D eigenvalue weighted by Crippen LogP contribution is -2.23. The molecule has 2 rings (SSSR count). The van der Waals surface area contributed by atoms with Gasteiger partial charge in [0, 0.05) is 17.1 Å². The van der Waals surface area contributed by atoms with Crippen molar-refractivity contribution in [1.29, 1.82) is 0 Å². The molecule has 1 N–H and O–H groups in total. The van der Waals surface area contributed by atoms with Gasteiger partial charge < -0.3 is 5.32 Å². The lowest BCUT2D eigenvalue weighted by atomic mass is 9.99. The summed E-state index contributed by atoms with van der Waals surface area (Å²) in [6.07, 6.45) is 5.69. The van der Waals surface area contributed by atoms with Gasteiger partial charge >= 0.3 is 0 Å². The van der Waals surface area contributed by atoms with E-state index in [-0.39, 0.29) is 0 Å². The van der Waals surface area contributed by atoms with E-state index >= 15 is 0 Å². The Kier molecular flexibility index (Phi) is 3.12. The highest BCUT2D eigenvalue weighted by atomic mass is 32.1. The van der Waals surface area contributed by atoms with Gasteiger partial charge in [-0.3, -0.25) is 0 Å². The van der Waals surface area contributed by atoms with Crippen molar-refractivity contribution < 1.29 is 0 Å². The first kappa shape index (κ1) is 10.0. The van der Waals surface area contributed by atoms with Crippen molar-refractivity contribution in [2.75, 3.05) is 5.32 Å². The molecule has 0 bridgehead atoms. The Hall–Kier alpha value is -0.500. The summed E-state index contributed by atoms with van der Waals surface area (Å²) in [5.41, 5.74) is 2.73. The second-order valence-electron chi connectivity index (χ2n) is 4.45. The van der Waals surface area contributed by atoms with Crippen LogP contribution in [0, 0.1) is 12.8 Å². The molecule has 1 aliphatic carbocycles. The van der Waals surface area contributed by atoms with Crippen LogP contribution < -0.4 is 5.32 Å². The van der Waals surface area contributed by atoms with E-state index in [1.54, 1.807) is 11.3 Å². The molecule has 14 heavy (non-hydrogen) atoms. The topological polar surface area (TPSA) is 12.0 Å². The number of thiophene rings is 1. The zero-order valence-corrected chi connectivity index (χ0v) is 9.86. The quantitative estimate of drug-likeness (QED) is 0.792. The first-order valence-electron chi connectivity index (χ1n) is 5.56. The van der Waals surface area contributed by atoms with Gasteiger partial charge in [-0.05, 0) is 43.6 Å². The highest BCUT2D eigenvalue weighted by Crippen LogP contribution is 2.30. The average Bonchev–Trinajstić information content (AvgIpc) is 2.77. The molecule has 1 heterocycles. The molecule has 0 spiro atoms. The van der Waals surface area contributed by atoms with Crippen LogP contribution >= 0.6 is 11.3 Å². The van der Waals surface area contributed by atoms with E-state index < -0.39 is 0 Å². The van der Waals surface area contributed by atoms with Crippen LogP contribution in [0.5, 0.6) is 0 Å². The van der Waals surface area contributed by atoms with Gasteiger partial charge in [0.15, 0.2) is 0 Å². The van der Waals surface area contributed by atoms with Crippen molar-refractivity contribution in [2.24, 2.45) is 5.92 Å². The standard InChI is InChI=1S/C12H19NS/c1-9-7-14-8-12(9)13-10(2)11-5-3-4-6-11/h7-8,10-11,13H,3-6H2,1-2H3. The van der Waals surface area contributed by atoms with E-state index in [1.807, 2.05) is 0 Å². The molecule has 1 saturated carbocycles. The normalized spacial score (nSPS) is 19.9. The fraction of sp³-hybridized carbons (Fsp3) is 0.667. The largest absolute Gasteiger partial charge is 0.381 e. The first-order chi connectivity index (χ1) is 6.77. The smallest absolute Gasteiger partial charge is 0.0480 e. The van der Waals surface area contributed by atoms with Crippen molar-refractivity contribution in [2.45, 2.75) is 45.6 Å². The summed E-state index contributed by atoms with van der Waals surface area (Å²) >= 11 is 1.79. The number of aryl methyl sites for hydroxylation is 1. The van der Waals surface area contributed by atoms with E-state index in [9.17, 15) is 0 Å². The third-order valence-electron chi connectivity index (χ3n) is 3.35. The molecule has 0 radical (unpaired) electrons. The van der Waals surface area contributed by atoms with Crippen LogP contribution in [0.25, 0.3) is 0 Å². The predicted molar refractivity (Wildman–Crippen MR) is 64.1 cm³/mol. The molecular weight excluding hydrogens is 190 g/mol. The molecule has 1 nitrogen and oxygen atoms in total. The lowest BCUT2D eigenvalue weighted by molar-refractivity contribution is 0.482. The van der Waals surface area contributed by atoms with E-state index in [0.29, 0.717) is 6.04 Å². The van der Waals surface area contributed by atoms with Gasteiger partial charge in [-0.2, -0.15) is 0 Å². The maximum Gasteiger partial charge on any atom is 0.0480 e. The second-order valence-corrected chi connectivity index (χ2v) is 5.19. The predicted octanol–water partition coefficient (Wildman–Crippen LogP) is 4.05. The highest BCUT2D eigenvalue weighted by molar-refractivity contribution is 7.08. The average molecular weight is 209 g/mol. The van der Waals surface area contributed by atoms with Gasteiger partial charge in [-0.1, -0.05) is 12.8 Å². The van der Waals surface area contributed by atoms with Crippen LogP contribution in [0.3, 0.4) is 0 Å². The van der Waals surface area contributed by atoms with Crippen LogP contribution in [0.1, 0.15) is 38.2 Å². The molecule has 1 aliphatic rings. The van der Waals surface area contributed by atoms with Gasteiger partial charge in [0.25, 0.3) is 0 Å². The molecule has 0 amide bonds. The maximum absolute atomic E-state index is 3.64. The number of anilines is 1. The van der Waals surface area contributed by atoms with Gasteiger partial charge in [0.05, 0.1) is 0 Å². The zero-order valence-electron chi connectivity index (χ0n) is 9.05. The molecule has 0 saturated heterocycles. The molecule has 2 heteroatoms. The summed E-state index contributed by atoms with van der Waals surface area (Å²) in [4.78, 5) is 0. The third-order valence-corrected chi connectivity index (χ3v) is 4.21. The highest BCUT2D eigenvalue weighted by Gasteiger charge is 2.21. The van der Waals surface area contributed by atoms with Crippen LogP contribution in [-0.2, 0) is 0 Å². The van der Waals surface area contributed by atoms with Crippen LogP contribution in [0.15, 0.2) is 10.8 Å². The Bertz CT molecular complexity index is 286. The summed E-state index contributed by atoms with van der Waals surface area (Å²) in [6, 6.07) is 0.644. The van der Waals surface area contributed by atoms with E-state index in [1.165, 1.54) is 36.9 Å². The summed E-state index contributed by atoms with van der Waals surface area (Å²) in [5.74, 6) is 0.897. The Labute approximate surface area is 90.5 Å². The fourth-order valence-corrected chi connectivity index (χ4v) is 3.12. The summed E-state index contributed by atoms with van der Waals surface area (Å²) in [5, 5.41) is 8.08. The Morgan fingerprint density at radius 2 is 2.07 bits per heavy atom. The van der Waals surface area contributed by atoms with Gasteiger partial charge in [-0.15, -0.1) is 11.3 Å². The number of rotatable bonds is 3. The van der Waals surface area contributed by atoms with Crippen molar-refractivity contribution >= 4 is 17.0 Å². The fourth-order valence-electron chi connectivity index (χ4n) is 2.33.